The molecule has 1 aromatic carbocycles. The van der Waals surface area contributed by atoms with E-state index in [1.165, 1.54) is 10.7 Å². The van der Waals surface area contributed by atoms with Gasteiger partial charge in [0.25, 0.3) is 0 Å². The maximum Gasteiger partial charge on any atom is 0.458 e. The van der Waals surface area contributed by atoms with Gasteiger partial charge in [0.2, 0.25) is 5.60 Å². The Morgan fingerprint density at radius 2 is 1.72 bits per heavy atom. The Morgan fingerprint density at radius 3 is 2.34 bits per heavy atom. The van der Waals surface area contributed by atoms with Crippen molar-refractivity contribution in [1.29, 1.82) is 5.26 Å². The third-order valence-electron chi connectivity index (χ3n) is 7.60. The van der Waals surface area contributed by atoms with E-state index in [1.54, 1.807) is 97.0 Å². The normalized spacial score (nSPS) is 21.8. The largest absolute Gasteiger partial charge is 0.464 e. The van der Waals surface area contributed by atoms with E-state index in [2.05, 4.69) is 10.2 Å². The summed E-state index contributed by atoms with van der Waals surface area (Å²) in [5, 5.41) is 17.8. The predicted octanol–water partition coefficient (Wildman–Crippen LogP) is 4.77. The van der Waals surface area contributed by atoms with E-state index in [0.29, 0.717) is 16.9 Å². The van der Waals surface area contributed by atoms with Crippen LogP contribution >= 0.6 is 7.75 Å². The molecule has 1 aliphatic heterocycles. The highest BCUT2D eigenvalue weighted by Gasteiger charge is 2.62. The first-order chi connectivity index (χ1) is 23.5. The van der Waals surface area contributed by atoms with Crippen LogP contribution < -0.4 is 15.3 Å². The van der Waals surface area contributed by atoms with Crippen molar-refractivity contribution < 1.29 is 46.9 Å². The molecule has 50 heavy (non-hydrogen) atoms. The van der Waals surface area contributed by atoms with Crippen molar-refractivity contribution in [3.05, 3.63) is 60.4 Å². The molecule has 2 aromatic heterocycles. The summed E-state index contributed by atoms with van der Waals surface area (Å²) in [6.07, 6.45) is -2.72. The van der Waals surface area contributed by atoms with Gasteiger partial charge in [0.05, 0.1) is 34.1 Å². The van der Waals surface area contributed by atoms with Crippen LogP contribution in [0.15, 0.2) is 54.7 Å². The van der Waals surface area contributed by atoms with E-state index in [0.717, 1.165) is 0 Å². The Bertz CT molecular complexity index is 1770. The Balaban J connectivity index is 1.73. The van der Waals surface area contributed by atoms with E-state index < -0.39 is 73.4 Å². The molecule has 16 heteroatoms. The molecule has 0 aliphatic carbocycles. The minimum atomic E-state index is -4.37. The average Bonchev–Trinajstić information content (AvgIpc) is 3.62. The molecule has 3 aromatic rings. The van der Waals surface area contributed by atoms with Gasteiger partial charge < -0.3 is 29.2 Å². The summed E-state index contributed by atoms with van der Waals surface area (Å²) >= 11 is 0. The maximum atomic E-state index is 14.3. The molecule has 0 bridgehead atoms. The van der Waals surface area contributed by atoms with Crippen molar-refractivity contribution in [3.63, 3.8) is 0 Å². The molecular formula is C34H44N5O10P. The van der Waals surface area contributed by atoms with Crippen LogP contribution in [0.1, 0.15) is 60.3 Å². The molecule has 4 rings (SSSR count). The second kappa shape index (κ2) is 15.6. The molecule has 0 saturated carbocycles. The number of anilines is 1. The number of ether oxygens (including phenoxy) is 4. The Hall–Kier alpha value is -4.48. The van der Waals surface area contributed by atoms with Crippen LogP contribution in [-0.2, 0) is 42.4 Å². The molecule has 270 valence electrons. The lowest BCUT2D eigenvalue weighted by Gasteiger charge is -2.30. The first-order valence-electron chi connectivity index (χ1n) is 16.1. The topological polar surface area (TPSA) is 203 Å². The highest BCUT2D eigenvalue weighted by Crippen LogP contribution is 2.49. The van der Waals surface area contributed by atoms with E-state index >= 15 is 0 Å². The monoisotopic (exact) mass is 713 g/mol. The highest BCUT2D eigenvalue weighted by molar-refractivity contribution is 7.52. The van der Waals surface area contributed by atoms with Crippen molar-refractivity contribution in [2.45, 2.75) is 72.4 Å². The van der Waals surface area contributed by atoms with Gasteiger partial charge in [-0.25, -0.2) is 14.2 Å². The summed E-state index contributed by atoms with van der Waals surface area (Å²) in [6, 6.07) is 15.1. The zero-order valence-electron chi connectivity index (χ0n) is 29.2. The minimum absolute atomic E-state index is 0.154. The molecule has 3 heterocycles. The summed E-state index contributed by atoms with van der Waals surface area (Å²) < 4.78 is 50.9. The van der Waals surface area contributed by atoms with Gasteiger partial charge in [0, 0.05) is 12.7 Å². The lowest BCUT2D eigenvalue weighted by atomic mass is 9.95. The lowest BCUT2D eigenvalue weighted by molar-refractivity contribution is -0.173. The Kier molecular flexibility index (Phi) is 12.0. The van der Waals surface area contributed by atoms with Gasteiger partial charge in [-0.2, -0.15) is 10.4 Å². The summed E-state index contributed by atoms with van der Waals surface area (Å²) in [7, 11) is -4.37. The standard InChI is InChI=1S/C34H44N5O10P/c1-21(2)30(40)46-28-27(26-14-13-25-24(36)15-16-37-39(25)26)48-34(19-35,29(28)47-31(41)22(3)4)20-45-50(43,49-23-11-9-8-10-12-23)38-17-18-44-32(42)33(5,6)7/h8-16,21-22,27-29H,17-18,20,36H2,1-7H3,(H,38,43)/t27-,28-,29-,34+,50?/m0/s1. The highest BCUT2D eigenvalue weighted by atomic mass is 31.2. The molecule has 1 fully saturated rings. The summed E-state index contributed by atoms with van der Waals surface area (Å²) in [5.41, 5.74) is 4.45. The molecule has 3 N–H and O–H groups in total. The van der Waals surface area contributed by atoms with Crippen molar-refractivity contribution in [2.24, 2.45) is 17.3 Å². The van der Waals surface area contributed by atoms with Crippen LogP contribution in [0.2, 0.25) is 0 Å². The number of aromatic nitrogens is 2. The van der Waals surface area contributed by atoms with Crippen molar-refractivity contribution >= 4 is 36.9 Å². The number of nitrogens with one attached hydrogen (secondary N) is 1. The van der Waals surface area contributed by atoms with Gasteiger partial charge in [-0.05, 0) is 51.1 Å². The molecule has 1 saturated heterocycles. The van der Waals surface area contributed by atoms with Crippen LogP contribution in [0.4, 0.5) is 5.69 Å². The van der Waals surface area contributed by atoms with Gasteiger partial charge in [-0.3, -0.25) is 18.9 Å². The number of benzene rings is 1. The SMILES string of the molecule is CC(C)C(=O)O[C@H]1[C@H](c2ccc3c(N)ccnn23)O[C@](C#N)(COP(=O)(NCCOC(=O)C(C)(C)C)Oc2ccccc2)[C@H]1OC(=O)C(C)C. The third kappa shape index (κ3) is 8.81. The number of nitrogens with two attached hydrogens (primary N) is 1. The fourth-order valence-electron chi connectivity index (χ4n) is 4.79. The summed E-state index contributed by atoms with van der Waals surface area (Å²) in [5.74, 6) is -2.91. The van der Waals surface area contributed by atoms with Gasteiger partial charge in [-0.15, -0.1) is 0 Å². The zero-order valence-corrected chi connectivity index (χ0v) is 30.0. The fourth-order valence-corrected chi connectivity index (χ4v) is 6.12. The first-order valence-corrected chi connectivity index (χ1v) is 17.7. The molecule has 5 atom stereocenters. The number of esters is 3. The lowest BCUT2D eigenvalue weighted by Crippen LogP contribution is -2.50. The van der Waals surface area contributed by atoms with Gasteiger partial charge in [0.1, 0.15) is 31.1 Å². The number of para-hydroxylation sites is 1. The van der Waals surface area contributed by atoms with Crippen LogP contribution in [0.25, 0.3) is 5.52 Å². The molecule has 15 nitrogen and oxygen atoms in total. The Labute approximate surface area is 290 Å². The minimum Gasteiger partial charge on any atom is -0.464 e. The number of carbonyl (C=O) groups is 3. The van der Waals surface area contributed by atoms with E-state index in [4.69, 9.17) is 33.7 Å². The number of hydrogen-bond donors (Lipinski definition) is 2. The molecule has 0 spiro atoms. The second-order valence-corrected chi connectivity index (χ2v) is 15.2. The van der Waals surface area contributed by atoms with E-state index in [1.807, 2.05) is 6.07 Å². The van der Waals surface area contributed by atoms with E-state index in [9.17, 15) is 24.2 Å². The van der Waals surface area contributed by atoms with Gasteiger partial charge >= 0.3 is 25.7 Å². The summed E-state index contributed by atoms with van der Waals surface area (Å²) in [4.78, 5) is 38.5. The van der Waals surface area contributed by atoms with Crippen molar-refractivity contribution in [3.8, 4) is 11.8 Å². The third-order valence-corrected chi connectivity index (χ3v) is 9.13. The number of carbonyl (C=O) groups excluding carboxylic acids is 3. The summed E-state index contributed by atoms with van der Waals surface area (Å²) in [6.45, 7) is 10.4. The number of nitrogen functional groups attached to an aromatic ring is 1. The van der Waals surface area contributed by atoms with Crippen molar-refractivity contribution in [2.75, 3.05) is 25.5 Å². The number of hydrogen-bond acceptors (Lipinski definition) is 13. The van der Waals surface area contributed by atoms with Crippen LogP contribution in [0.3, 0.4) is 0 Å². The van der Waals surface area contributed by atoms with Gasteiger partial charge in [0.15, 0.2) is 12.2 Å². The smallest absolute Gasteiger partial charge is 0.458 e. The molecule has 0 amide bonds. The second-order valence-electron chi connectivity index (χ2n) is 13.4. The van der Waals surface area contributed by atoms with E-state index in [-0.39, 0.29) is 18.9 Å². The molecular weight excluding hydrogens is 669 g/mol. The number of nitriles is 1. The van der Waals surface area contributed by atoms with Crippen LogP contribution in [0, 0.1) is 28.6 Å². The zero-order chi connectivity index (χ0) is 36.9. The number of nitrogens with zero attached hydrogens (tertiary/aromatic N) is 3. The molecule has 0 radical (unpaired) electrons. The molecule has 1 aliphatic rings. The number of fused-ring (bicyclic) bond motifs is 1. The Morgan fingerprint density at radius 1 is 1.06 bits per heavy atom. The van der Waals surface area contributed by atoms with Crippen LogP contribution in [0.5, 0.6) is 5.75 Å². The molecule has 1 unspecified atom stereocenters. The first kappa shape index (κ1) is 38.3. The average molecular weight is 714 g/mol. The maximum absolute atomic E-state index is 14.3. The van der Waals surface area contributed by atoms with Crippen LogP contribution in [-0.4, -0.2) is 65.1 Å². The number of rotatable bonds is 14. The fraction of sp³-hybridized carbons (Fsp3) is 0.500. The van der Waals surface area contributed by atoms with Gasteiger partial charge in [-0.1, -0.05) is 45.9 Å². The predicted molar refractivity (Wildman–Crippen MR) is 180 cm³/mol. The quantitative estimate of drug-likeness (QED) is 0.100. The van der Waals surface area contributed by atoms with Crippen molar-refractivity contribution in [1.82, 2.24) is 14.7 Å².